The fraction of sp³-hybridized carbons (Fsp3) is 0.857. The molecule has 0 spiro atoms. The van der Waals surface area contributed by atoms with E-state index in [0.717, 1.165) is 52.1 Å². The van der Waals surface area contributed by atoms with Crippen LogP contribution in [0.2, 0.25) is 0 Å². The molecule has 114 valence electrons. The van der Waals surface area contributed by atoms with E-state index >= 15 is 0 Å². The molecular formula is C14H25N3O3. The molecule has 2 aliphatic heterocycles. The van der Waals surface area contributed by atoms with Crippen molar-refractivity contribution in [2.24, 2.45) is 5.92 Å². The number of aliphatic carboxylic acids is 1. The third-order valence-corrected chi connectivity index (χ3v) is 4.21. The summed E-state index contributed by atoms with van der Waals surface area (Å²) in [6.07, 6.45) is 2.94. The van der Waals surface area contributed by atoms with E-state index in [1.54, 1.807) is 0 Å². The van der Waals surface area contributed by atoms with Crippen molar-refractivity contribution in [3.8, 4) is 0 Å². The Labute approximate surface area is 120 Å². The summed E-state index contributed by atoms with van der Waals surface area (Å²) in [6.45, 7) is 5.84. The van der Waals surface area contributed by atoms with E-state index < -0.39 is 5.97 Å². The first-order chi connectivity index (χ1) is 9.65. The second-order valence-corrected chi connectivity index (χ2v) is 5.81. The zero-order chi connectivity index (χ0) is 14.4. The molecular weight excluding hydrogens is 258 g/mol. The molecule has 1 atom stereocenters. The van der Waals surface area contributed by atoms with Gasteiger partial charge >= 0.3 is 5.97 Å². The van der Waals surface area contributed by atoms with Crippen LogP contribution in [0.1, 0.15) is 25.7 Å². The number of rotatable bonds is 5. The van der Waals surface area contributed by atoms with Crippen LogP contribution < -0.4 is 5.32 Å². The Bertz CT molecular complexity index is 343. The van der Waals surface area contributed by atoms with Crippen molar-refractivity contribution in [1.82, 2.24) is 15.1 Å². The molecule has 0 saturated carbocycles. The highest BCUT2D eigenvalue weighted by Gasteiger charge is 2.25. The van der Waals surface area contributed by atoms with Gasteiger partial charge in [0.15, 0.2) is 0 Å². The summed E-state index contributed by atoms with van der Waals surface area (Å²) >= 11 is 0. The lowest BCUT2D eigenvalue weighted by Gasteiger charge is -2.35. The van der Waals surface area contributed by atoms with Crippen molar-refractivity contribution < 1.29 is 14.7 Å². The van der Waals surface area contributed by atoms with E-state index in [2.05, 4.69) is 10.2 Å². The van der Waals surface area contributed by atoms with Gasteiger partial charge in [-0.2, -0.15) is 0 Å². The van der Waals surface area contributed by atoms with Gasteiger partial charge in [0.05, 0.1) is 6.54 Å². The number of hydrogen-bond donors (Lipinski definition) is 2. The number of piperazine rings is 1. The number of nitrogens with one attached hydrogen (secondary N) is 1. The maximum Gasteiger partial charge on any atom is 0.303 e. The summed E-state index contributed by atoms with van der Waals surface area (Å²) in [6, 6.07) is 0. The van der Waals surface area contributed by atoms with E-state index in [9.17, 15) is 9.59 Å². The normalized spacial score (nSPS) is 24.6. The van der Waals surface area contributed by atoms with Gasteiger partial charge in [0.2, 0.25) is 5.91 Å². The van der Waals surface area contributed by atoms with Gasteiger partial charge in [-0.1, -0.05) is 0 Å². The maximum absolute atomic E-state index is 12.3. The van der Waals surface area contributed by atoms with E-state index in [1.807, 2.05) is 4.90 Å². The molecule has 20 heavy (non-hydrogen) atoms. The molecule has 6 nitrogen and oxygen atoms in total. The summed E-state index contributed by atoms with van der Waals surface area (Å²) < 4.78 is 0. The van der Waals surface area contributed by atoms with Crippen LogP contribution in [-0.2, 0) is 9.59 Å². The van der Waals surface area contributed by atoms with Crippen LogP contribution >= 0.6 is 0 Å². The van der Waals surface area contributed by atoms with Gasteiger partial charge < -0.3 is 15.3 Å². The van der Waals surface area contributed by atoms with E-state index in [0.29, 0.717) is 18.9 Å². The number of nitrogens with zero attached hydrogens (tertiary/aromatic N) is 2. The third kappa shape index (κ3) is 4.76. The minimum Gasteiger partial charge on any atom is -0.481 e. The van der Waals surface area contributed by atoms with Gasteiger partial charge in [-0.15, -0.1) is 0 Å². The molecule has 0 aromatic carbocycles. The summed E-state index contributed by atoms with van der Waals surface area (Å²) in [7, 11) is 0. The first-order valence-corrected chi connectivity index (χ1v) is 7.58. The minimum atomic E-state index is -0.741. The molecule has 0 radical (unpaired) electrons. The number of piperidine rings is 1. The molecule has 2 fully saturated rings. The van der Waals surface area contributed by atoms with Crippen LogP contribution in [0.3, 0.4) is 0 Å². The number of carbonyl (C=O) groups is 2. The Morgan fingerprint density at radius 2 is 1.95 bits per heavy atom. The molecule has 1 unspecified atom stereocenters. The van der Waals surface area contributed by atoms with Crippen LogP contribution in [0.5, 0.6) is 0 Å². The number of carboxylic acid groups (broad SMARTS) is 1. The molecule has 0 bridgehead atoms. The second-order valence-electron chi connectivity index (χ2n) is 5.81. The molecule has 0 aromatic heterocycles. The first-order valence-electron chi connectivity index (χ1n) is 7.58. The highest BCUT2D eigenvalue weighted by atomic mass is 16.4. The zero-order valence-corrected chi connectivity index (χ0v) is 12.0. The van der Waals surface area contributed by atoms with Gasteiger partial charge in [0.1, 0.15) is 0 Å². The van der Waals surface area contributed by atoms with E-state index in [1.165, 1.54) is 0 Å². The van der Waals surface area contributed by atoms with Crippen LogP contribution in [0.4, 0.5) is 0 Å². The summed E-state index contributed by atoms with van der Waals surface area (Å²) in [4.78, 5) is 27.0. The van der Waals surface area contributed by atoms with Crippen molar-refractivity contribution in [2.45, 2.75) is 25.7 Å². The Balaban J connectivity index is 1.75. The Kier molecular flexibility index (Phi) is 5.79. The largest absolute Gasteiger partial charge is 0.481 e. The summed E-state index contributed by atoms with van der Waals surface area (Å²) in [5.41, 5.74) is 0. The first kappa shape index (κ1) is 15.3. The smallest absolute Gasteiger partial charge is 0.303 e. The molecule has 6 heteroatoms. The van der Waals surface area contributed by atoms with Crippen LogP contribution in [0.15, 0.2) is 0 Å². The standard InChI is InChI=1S/C14H25N3O3/c18-13(11-16-8-5-15-6-9-16)17-7-1-2-12(10-17)3-4-14(19)20/h12,15H,1-11H2,(H,19,20). The number of hydrogen-bond acceptors (Lipinski definition) is 4. The molecule has 0 aliphatic carbocycles. The monoisotopic (exact) mass is 283 g/mol. The highest BCUT2D eigenvalue weighted by molar-refractivity contribution is 5.78. The summed E-state index contributed by atoms with van der Waals surface area (Å²) in [5, 5.41) is 12.0. The highest BCUT2D eigenvalue weighted by Crippen LogP contribution is 2.21. The van der Waals surface area contributed by atoms with Crippen molar-refractivity contribution in [3.05, 3.63) is 0 Å². The van der Waals surface area contributed by atoms with Crippen LogP contribution in [-0.4, -0.2) is 72.6 Å². The van der Waals surface area contributed by atoms with Gasteiger partial charge in [-0.3, -0.25) is 14.5 Å². The molecule has 2 rings (SSSR count). The lowest BCUT2D eigenvalue weighted by atomic mass is 9.93. The van der Waals surface area contributed by atoms with Crippen molar-refractivity contribution in [1.29, 1.82) is 0 Å². The lowest BCUT2D eigenvalue weighted by molar-refractivity contribution is -0.137. The minimum absolute atomic E-state index is 0.201. The van der Waals surface area contributed by atoms with Crippen molar-refractivity contribution in [2.75, 3.05) is 45.8 Å². The van der Waals surface area contributed by atoms with E-state index in [-0.39, 0.29) is 12.3 Å². The Hall–Kier alpha value is -1.14. The fourth-order valence-electron chi connectivity index (χ4n) is 3.02. The zero-order valence-electron chi connectivity index (χ0n) is 12.0. The van der Waals surface area contributed by atoms with Crippen LogP contribution in [0.25, 0.3) is 0 Å². The van der Waals surface area contributed by atoms with Gasteiger partial charge in [0.25, 0.3) is 0 Å². The molecule has 2 heterocycles. The Morgan fingerprint density at radius 3 is 2.65 bits per heavy atom. The number of carbonyl (C=O) groups excluding carboxylic acids is 1. The SMILES string of the molecule is O=C(O)CCC1CCCN(C(=O)CN2CCNCC2)C1. The molecule has 2 saturated heterocycles. The topological polar surface area (TPSA) is 72.9 Å². The van der Waals surface area contributed by atoms with Crippen molar-refractivity contribution >= 4 is 11.9 Å². The fourth-order valence-corrected chi connectivity index (χ4v) is 3.02. The predicted octanol–water partition coefficient (Wildman–Crippen LogP) is -0.00500. The average Bonchev–Trinajstić information content (AvgIpc) is 2.46. The molecule has 0 aromatic rings. The lowest BCUT2D eigenvalue weighted by Crippen LogP contribution is -2.50. The number of likely N-dealkylation sites (tertiary alicyclic amines) is 1. The summed E-state index contributed by atoms with van der Waals surface area (Å²) in [5.74, 6) is -0.187. The quantitative estimate of drug-likeness (QED) is 0.743. The maximum atomic E-state index is 12.3. The third-order valence-electron chi connectivity index (χ3n) is 4.21. The van der Waals surface area contributed by atoms with Gasteiger partial charge in [0, 0.05) is 45.7 Å². The molecule has 2 aliphatic rings. The van der Waals surface area contributed by atoms with Crippen LogP contribution in [0, 0.1) is 5.92 Å². The molecule has 1 amide bonds. The van der Waals surface area contributed by atoms with Crippen molar-refractivity contribution in [3.63, 3.8) is 0 Å². The Morgan fingerprint density at radius 1 is 1.20 bits per heavy atom. The average molecular weight is 283 g/mol. The van der Waals surface area contributed by atoms with Gasteiger partial charge in [-0.25, -0.2) is 0 Å². The van der Waals surface area contributed by atoms with Gasteiger partial charge in [-0.05, 0) is 25.2 Å². The number of amides is 1. The second kappa shape index (κ2) is 7.59. The predicted molar refractivity (Wildman–Crippen MR) is 75.5 cm³/mol. The molecule has 2 N–H and O–H groups in total. The van der Waals surface area contributed by atoms with E-state index in [4.69, 9.17) is 5.11 Å². The number of carboxylic acids is 1.